The third kappa shape index (κ3) is 5.59. The molecule has 0 fully saturated rings. The van der Waals surface area contributed by atoms with Crippen molar-refractivity contribution in [2.45, 2.75) is 6.42 Å². The van der Waals surface area contributed by atoms with E-state index in [1.165, 1.54) is 3.57 Å². The maximum absolute atomic E-state index is 5.60. The van der Waals surface area contributed by atoms with E-state index in [1.807, 2.05) is 24.3 Å². The van der Waals surface area contributed by atoms with Gasteiger partial charge in [-0.1, -0.05) is 0 Å². The topological polar surface area (TPSA) is 45.6 Å². The van der Waals surface area contributed by atoms with Crippen molar-refractivity contribution in [1.82, 2.24) is 10.6 Å². The van der Waals surface area contributed by atoms with Gasteiger partial charge in [0.05, 0.1) is 6.54 Å². The summed E-state index contributed by atoms with van der Waals surface area (Å²) in [6, 6.07) is 8.04. The molecule has 18 heavy (non-hydrogen) atoms. The highest BCUT2D eigenvalue weighted by Crippen LogP contribution is 2.12. The Labute approximate surface area is 138 Å². The molecule has 1 aliphatic heterocycles. The van der Waals surface area contributed by atoms with Crippen molar-refractivity contribution >= 4 is 52.5 Å². The van der Waals surface area contributed by atoms with E-state index < -0.39 is 0 Å². The first kappa shape index (κ1) is 15.8. The van der Waals surface area contributed by atoms with Crippen molar-refractivity contribution in [3.63, 3.8) is 0 Å². The van der Waals surface area contributed by atoms with Crippen molar-refractivity contribution in [2.24, 2.45) is 4.99 Å². The molecule has 0 amide bonds. The van der Waals surface area contributed by atoms with Gasteiger partial charge in [-0.3, -0.25) is 4.99 Å². The lowest BCUT2D eigenvalue weighted by Crippen LogP contribution is -2.42. The minimum absolute atomic E-state index is 0. The zero-order chi connectivity index (χ0) is 11.9. The van der Waals surface area contributed by atoms with Crippen LogP contribution in [0.25, 0.3) is 0 Å². The Hall–Kier alpha value is -0.250. The predicted octanol–water partition coefficient (Wildman–Crippen LogP) is 2.23. The van der Waals surface area contributed by atoms with E-state index in [4.69, 9.17) is 4.74 Å². The summed E-state index contributed by atoms with van der Waals surface area (Å²) in [7, 11) is 0. The Morgan fingerprint density at radius 3 is 2.78 bits per heavy atom. The maximum atomic E-state index is 5.60. The number of guanidine groups is 1. The molecule has 100 valence electrons. The van der Waals surface area contributed by atoms with Crippen molar-refractivity contribution in [3.8, 4) is 5.75 Å². The summed E-state index contributed by atoms with van der Waals surface area (Å²) in [5, 5.41) is 6.42. The molecule has 0 spiro atoms. The summed E-state index contributed by atoms with van der Waals surface area (Å²) in [6.07, 6.45) is 1.12. The first-order valence-corrected chi connectivity index (χ1v) is 6.83. The number of hydrogen-bond donors (Lipinski definition) is 2. The molecular formula is C12H17I2N3O. The van der Waals surface area contributed by atoms with Crippen LogP contribution in [0.4, 0.5) is 0 Å². The minimum atomic E-state index is 0. The molecule has 0 unspecified atom stereocenters. The summed E-state index contributed by atoms with van der Waals surface area (Å²) in [5.41, 5.74) is 0. The van der Waals surface area contributed by atoms with Gasteiger partial charge >= 0.3 is 0 Å². The number of benzene rings is 1. The lowest BCUT2D eigenvalue weighted by molar-refractivity contribution is 0.321. The standard InChI is InChI=1S/C12H16IN3O.HI/c13-10-2-4-11(5-3-10)17-9-8-16-12-14-6-1-7-15-12;/h2-5H,1,6-9H2,(H2,14,15,16);1H. The van der Waals surface area contributed by atoms with Gasteiger partial charge in [0.25, 0.3) is 0 Å². The Balaban J connectivity index is 0.00000162. The van der Waals surface area contributed by atoms with Crippen LogP contribution in [0.5, 0.6) is 5.75 Å². The molecule has 2 N–H and O–H groups in total. The molecule has 2 rings (SSSR count). The third-order valence-corrected chi connectivity index (χ3v) is 3.09. The second kappa shape index (κ2) is 8.78. The van der Waals surface area contributed by atoms with Gasteiger partial charge in [0.1, 0.15) is 12.4 Å². The Bertz CT molecular complexity index is 381. The number of hydrogen-bond acceptors (Lipinski definition) is 4. The Morgan fingerprint density at radius 2 is 2.11 bits per heavy atom. The van der Waals surface area contributed by atoms with Crippen molar-refractivity contribution in [2.75, 3.05) is 26.2 Å². The average molecular weight is 473 g/mol. The number of ether oxygens (including phenoxy) is 1. The van der Waals surface area contributed by atoms with E-state index in [-0.39, 0.29) is 24.0 Å². The highest BCUT2D eigenvalue weighted by molar-refractivity contribution is 14.1. The molecule has 0 radical (unpaired) electrons. The second-order valence-electron chi connectivity index (χ2n) is 3.74. The SMILES string of the molecule is I.Ic1ccc(OCCNC2=NCCCN2)cc1. The van der Waals surface area contributed by atoms with E-state index in [2.05, 4.69) is 38.2 Å². The van der Waals surface area contributed by atoms with Crippen LogP contribution in [0, 0.1) is 3.57 Å². The summed E-state index contributed by atoms with van der Waals surface area (Å²) < 4.78 is 6.82. The summed E-state index contributed by atoms with van der Waals surface area (Å²) in [6.45, 7) is 3.32. The van der Waals surface area contributed by atoms with Crippen molar-refractivity contribution < 1.29 is 4.74 Å². The van der Waals surface area contributed by atoms with E-state index >= 15 is 0 Å². The number of halogens is 2. The fraction of sp³-hybridized carbons (Fsp3) is 0.417. The van der Waals surface area contributed by atoms with Gasteiger partial charge in [-0.05, 0) is 53.3 Å². The lowest BCUT2D eigenvalue weighted by Gasteiger charge is -2.16. The number of nitrogens with one attached hydrogen (secondary N) is 2. The number of aliphatic imine (C=N–C) groups is 1. The zero-order valence-corrected chi connectivity index (χ0v) is 14.5. The van der Waals surface area contributed by atoms with Crippen LogP contribution in [-0.2, 0) is 0 Å². The van der Waals surface area contributed by atoms with Crippen LogP contribution in [0.2, 0.25) is 0 Å². The van der Waals surface area contributed by atoms with Gasteiger partial charge in [-0.2, -0.15) is 0 Å². The van der Waals surface area contributed by atoms with Crippen LogP contribution in [0.15, 0.2) is 29.3 Å². The molecule has 1 heterocycles. The van der Waals surface area contributed by atoms with Crippen LogP contribution in [0.1, 0.15) is 6.42 Å². The third-order valence-electron chi connectivity index (χ3n) is 2.37. The molecule has 1 aromatic rings. The molecule has 0 bridgehead atoms. The van der Waals surface area contributed by atoms with E-state index in [0.717, 1.165) is 37.8 Å². The fourth-order valence-electron chi connectivity index (χ4n) is 1.52. The smallest absolute Gasteiger partial charge is 0.191 e. The van der Waals surface area contributed by atoms with Gasteiger partial charge in [-0.25, -0.2) is 0 Å². The normalized spacial score (nSPS) is 13.9. The van der Waals surface area contributed by atoms with Gasteiger partial charge < -0.3 is 15.4 Å². The number of nitrogens with zero attached hydrogens (tertiary/aromatic N) is 1. The molecule has 1 aromatic carbocycles. The Kier molecular flexibility index (Phi) is 7.71. The Morgan fingerprint density at radius 1 is 1.33 bits per heavy atom. The van der Waals surface area contributed by atoms with Crippen molar-refractivity contribution in [1.29, 1.82) is 0 Å². The highest BCUT2D eigenvalue weighted by Gasteiger charge is 2.02. The molecule has 0 saturated carbocycles. The van der Waals surface area contributed by atoms with E-state index in [9.17, 15) is 0 Å². The molecule has 0 aliphatic carbocycles. The van der Waals surface area contributed by atoms with Crippen LogP contribution < -0.4 is 15.4 Å². The predicted molar refractivity (Wildman–Crippen MR) is 93.0 cm³/mol. The van der Waals surface area contributed by atoms with Crippen molar-refractivity contribution in [3.05, 3.63) is 27.8 Å². The summed E-state index contributed by atoms with van der Waals surface area (Å²) in [5.74, 6) is 1.80. The van der Waals surface area contributed by atoms with Gasteiger partial charge in [-0.15, -0.1) is 24.0 Å². The molecular weight excluding hydrogens is 456 g/mol. The fourth-order valence-corrected chi connectivity index (χ4v) is 1.88. The highest BCUT2D eigenvalue weighted by atomic mass is 127. The molecule has 1 aliphatic rings. The molecule has 6 heteroatoms. The average Bonchev–Trinajstić information content (AvgIpc) is 2.38. The lowest BCUT2D eigenvalue weighted by atomic mass is 10.3. The maximum Gasteiger partial charge on any atom is 0.191 e. The molecule has 0 aromatic heterocycles. The van der Waals surface area contributed by atoms with Crippen LogP contribution >= 0.6 is 46.6 Å². The van der Waals surface area contributed by atoms with E-state index in [0.29, 0.717) is 6.61 Å². The molecule has 4 nitrogen and oxygen atoms in total. The summed E-state index contributed by atoms with van der Waals surface area (Å²) >= 11 is 2.28. The largest absolute Gasteiger partial charge is 0.492 e. The minimum Gasteiger partial charge on any atom is -0.492 e. The first-order chi connectivity index (χ1) is 8.34. The zero-order valence-electron chi connectivity index (χ0n) is 9.99. The quantitative estimate of drug-likeness (QED) is 0.521. The molecule has 0 saturated heterocycles. The second-order valence-corrected chi connectivity index (χ2v) is 4.99. The van der Waals surface area contributed by atoms with E-state index in [1.54, 1.807) is 0 Å². The monoisotopic (exact) mass is 473 g/mol. The summed E-state index contributed by atoms with van der Waals surface area (Å²) in [4.78, 5) is 4.32. The number of rotatable bonds is 4. The molecule has 0 atom stereocenters. The first-order valence-electron chi connectivity index (χ1n) is 5.75. The van der Waals surface area contributed by atoms with Crippen LogP contribution in [-0.4, -0.2) is 32.2 Å². The van der Waals surface area contributed by atoms with Gasteiger partial charge in [0.2, 0.25) is 0 Å². The van der Waals surface area contributed by atoms with Crippen LogP contribution in [0.3, 0.4) is 0 Å². The van der Waals surface area contributed by atoms with Gasteiger partial charge in [0.15, 0.2) is 5.96 Å². The van der Waals surface area contributed by atoms with Gasteiger partial charge in [0, 0.05) is 16.7 Å².